The zero-order chi connectivity index (χ0) is 13.8. The third kappa shape index (κ3) is 2.78. The Labute approximate surface area is 113 Å². The maximum atomic E-state index is 12.2. The van der Waals surface area contributed by atoms with Crippen LogP contribution >= 0.6 is 0 Å². The molecule has 1 heterocycles. The number of hydrogen-bond donors (Lipinski definition) is 3. The first kappa shape index (κ1) is 13.2. The van der Waals surface area contributed by atoms with Crippen molar-refractivity contribution < 1.29 is 4.79 Å². The van der Waals surface area contributed by atoms with E-state index in [-0.39, 0.29) is 5.91 Å². The van der Waals surface area contributed by atoms with Gasteiger partial charge in [-0.1, -0.05) is 32.0 Å². The number of nitrogens with two attached hydrogens (primary N) is 1. The molecule has 0 aliphatic heterocycles. The van der Waals surface area contributed by atoms with Gasteiger partial charge in [-0.2, -0.15) is 0 Å². The lowest BCUT2D eigenvalue weighted by atomic mass is 10.0. The van der Waals surface area contributed by atoms with Gasteiger partial charge in [-0.15, -0.1) is 0 Å². The van der Waals surface area contributed by atoms with Crippen LogP contribution in [0.25, 0.3) is 0 Å². The van der Waals surface area contributed by atoms with E-state index in [0.717, 1.165) is 29.7 Å². The molecule has 0 unspecified atom stereocenters. The Kier molecular flexibility index (Phi) is 3.90. The monoisotopic (exact) mass is 257 g/mol. The number of benzene rings is 1. The summed E-state index contributed by atoms with van der Waals surface area (Å²) >= 11 is 0. The summed E-state index contributed by atoms with van der Waals surface area (Å²) in [6.07, 6.45) is 3.38. The van der Waals surface area contributed by atoms with Gasteiger partial charge in [0.25, 0.3) is 5.91 Å². The number of para-hydroxylation sites is 1. The van der Waals surface area contributed by atoms with Gasteiger partial charge in [-0.05, 0) is 30.0 Å². The molecule has 4 N–H and O–H groups in total. The second-order valence-electron chi connectivity index (χ2n) is 4.46. The Morgan fingerprint density at radius 3 is 2.37 bits per heavy atom. The normalized spacial score (nSPS) is 10.4. The summed E-state index contributed by atoms with van der Waals surface area (Å²) in [4.78, 5) is 15.0. The number of nitrogens with one attached hydrogen (secondary N) is 2. The van der Waals surface area contributed by atoms with Crippen molar-refractivity contribution in [1.82, 2.24) is 4.98 Å². The highest BCUT2D eigenvalue weighted by atomic mass is 16.1. The van der Waals surface area contributed by atoms with Gasteiger partial charge in [-0.3, -0.25) is 4.79 Å². The standard InChI is InChI=1S/C15H19N3O/c1-3-10-6-5-7-11(4-2)14(10)18-15(19)13-8-12(16)9-17-13/h5-9,17H,3-4,16H2,1-2H3,(H,18,19). The molecule has 4 heteroatoms. The minimum absolute atomic E-state index is 0.160. The molecule has 0 radical (unpaired) electrons. The molecule has 0 fully saturated rings. The van der Waals surface area contributed by atoms with Crippen molar-refractivity contribution in [3.63, 3.8) is 0 Å². The second-order valence-corrected chi connectivity index (χ2v) is 4.46. The van der Waals surface area contributed by atoms with Crippen LogP contribution in [0.2, 0.25) is 0 Å². The van der Waals surface area contributed by atoms with Crippen molar-refractivity contribution in [1.29, 1.82) is 0 Å². The van der Waals surface area contributed by atoms with Gasteiger partial charge in [0, 0.05) is 17.6 Å². The summed E-state index contributed by atoms with van der Waals surface area (Å²) in [7, 11) is 0. The minimum atomic E-state index is -0.160. The molecular formula is C15H19N3O. The van der Waals surface area contributed by atoms with Crippen molar-refractivity contribution in [3.8, 4) is 0 Å². The largest absolute Gasteiger partial charge is 0.397 e. The van der Waals surface area contributed by atoms with Crippen LogP contribution in [0, 0.1) is 0 Å². The van der Waals surface area contributed by atoms with Crippen molar-refractivity contribution >= 4 is 17.3 Å². The lowest BCUT2D eigenvalue weighted by Crippen LogP contribution is -2.15. The Balaban J connectivity index is 2.30. The molecule has 4 nitrogen and oxygen atoms in total. The summed E-state index contributed by atoms with van der Waals surface area (Å²) < 4.78 is 0. The first-order chi connectivity index (χ1) is 9.15. The molecule has 1 aromatic heterocycles. The average Bonchev–Trinajstić information content (AvgIpc) is 2.85. The highest BCUT2D eigenvalue weighted by Crippen LogP contribution is 2.23. The molecule has 0 saturated carbocycles. The Morgan fingerprint density at radius 1 is 1.26 bits per heavy atom. The number of aryl methyl sites for hydroxylation is 2. The van der Waals surface area contributed by atoms with E-state index in [1.54, 1.807) is 12.3 Å². The maximum absolute atomic E-state index is 12.2. The first-order valence-electron chi connectivity index (χ1n) is 6.51. The Hall–Kier alpha value is -2.23. The number of anilines is 2. The number of rotatable bonds is 4. The molecule has 1 aromatic carbocycles. The van der Waals surface area contributed by atoms with Gasteiger partial charge in [0.1, 0.15) is 5.69 Å². The molecule has 1 amide bonds. The Bertz CT molecular complexity index is 565. The zero-order valence-corrected chi connectivity index (χ0v) is 11.3. The van der Waals surface area contributed by atoms with E-state index in [1.807, 2.05) is 18.2 Å². The van der Waals surface area contributed by atoms with E-state index in [4.69, 9.17) is 5.73 Å². The molecule has 0 spiro atoms. The molecule has 0 aliphatic rings. The van der Waals surface area contributed by atoms with Gasteiger partial charge >= 0.3 is 0 Å². The quantitative estimate of drug-likeness (QED) is 0.788. The van der Waals surface area contributed by atoms with Crippen LogP contribution in [-0.4, -0.2) is 10.9 Å². The molecule has 0 bridgehead atoms. The fourth-order valence-corrected chi connectivity index (χ4v) is 2.13. The van der Waals surface area contributed by atoms with Gasteiger partial charge in [-0.25, -0.2) is 0 Å². The lowest BCUT2D eigenvalue weighted by molar-refractivity contribution is 0.102. The highest BCUT2D eigenvalue weighted by molar-refractivity contribution is 6.04. The molecule has 100 valence electrons. The minimum Gasteiger partial charge on any atom is -0.397 e. The van der Waals surface area contributed by atoms with Crippen LogP contribution in [0.5, 0.6) is 0 Å². The number of nitrogen functional groups attached to an aromatic ring is 1. The SMILES string of the molecule is CCc1cccc(CC)c1NC(=O)c1cc(N)c[nH]1. The van der Waals surface area contributed by atoms with Crippen molar-refractivity contribution in [2.45, 2.75) is 26.7 Å². The van der Waals surface area contributed by atoms with E-state index in [1.165, 1.54) is 0 Å². The summed E-state index contributed by atoms with van der Waals surface area (Å²) in [6.45, 7) is 4.16. The predicted octanol–water partition coefficient (Wildman–Crippen LogP) is 2.97. The van der Waals surface area contributed by atoms with Crippen molar-refractivity contribution in [2.24, 2.45) is 0 Å². The number of hydrogen-bond acceptors (Lipinski definition) is 2. The smallest absolute Gasteiger partial charge is 0.272 e. The molecule has 0 aliphatic carbocycles. The van der Waals surface area contributed by atoms with Gasteiger partial charge in [0.05, 0.1) is 0 Å². The van der Waals surface area contributed by atoms with Crippen LogP contribution in [0.3, 0.4) is 0 Å². The van der Waals surface area contributed by atoms with Crippen LogP contribution in [0.15, 0.2) is 30.5 Å². The number of carbonyl (C=O) groups excluding carboxylic acids is 1. The van der Waals surface area contributed by atoms with E-state index in [0.29, 0.717) is 11.4 Å². The third-order valence-electron chi connectivity index (χ3n) is 3.19. The predicted molar refractivity (Wildman–Crippen MR) is 78.4 cm³/mol. The first-order valence-corrected chi connectivity index (χ1v) is 6.51. The fourth-order valence-electron chi connectivity index (χ4n) is 2.13. The van der Waals surface area contributed by atoms with Gasteiger partial charge in [0.15, 0.2) is 0 Å². The number of aromatic nitrogens is 1. The number of carbonyl (C=O) groups is 1. The zero-order valence-electron chi connectivity index (χ0n) is 11.3. The van der Waals surface area contributed by atoms with E-state index < -0.39 is 0 Å². The van der Waals surface area contributed by atoms with E-state index in [2.05, 4.69) is 24.1 Å². The molecule has 2 aromatic rings. The molecule has 0 atom stereocenters. The van der Waals surface area contributed by atoms with Gasteiger partial charge in [0.2, 0.25) is 0 Å². The molecule has 0 saturated heterocycles. The van der Waals surface area contributed by atoms with Crippen LogP contribution in [0.4, 0.5) is 11.4 Å². The topological polar surface area (TPSA) is 70.9 Å². The number of amides is 1. The Morgan fingerprint density at radius 2 is 1.89 bits per heavy atom. The summed E-state index contributed by atoms with van der Waals surface area (Å²) in [6, 6.07) is 7.74. The van der Waals surface area contributed by atoms with Crippen molar-refractivity contribution in [3.05, 3.63) is 47.3 Å². The van der Waals surface area contributed by atoms with Crippen LogP contribution in [0.1, 0.15) is 35.5 Å². The molecular weight excluding hydrogens is 238 g/mol. The summed E-state index contributed by atoms with van der Waals surface area (Å²) in [5.74, 6) is -0.160. The average molecular weight is 257 g/mol. The summed E-state index contributed by atoms with van der Waals surface area (Å²) in [5, 5.41) is 2.98. The third-order valence-corrected chi connectivity index (χ3v) is 3.19. The highest BCUT2D eigenvalue weighted by Gasteiger charge is 2.12. The van der Waals surface area contributed by atoms with E-state index >= 15 is 0 Å². The fraction of sp³-hybridized carbons (Fsp3) is 0.267. The van der Waals surface area contributed by atoms with Gasteiger partial charge < -0.3 is 16.0 Å². The number of H-pyrrole nitrogens is 1. The maximum Gasteiger partial charge on any atom is 0.272 e. The van der Waals surface area contributed by atoms with Crippen LogP contribution < -0.4 is 11.1 Å². The second kappa shape index (κ2) is 5.61. The van der Waals surface area contributed by atoms with E-state index in [9.17, 15) is 4.79 Å². The van der Waals surface area contributed by atoms with Crippen LogP contribution in [-0.2, 0) is 12.8 Å². The lowest BCUT2D eigenvalue weighted by Gasteiger charge is -2.13. The number of aromatic amines is 1. The molecule has 2 rings (SSSR count). The summed E-state index contributed by atoms with van der Waals surface area (Å²) in [5.41, 5.74) is 9.86. The van der Waals surface area contributed by atoms with Crippen molar-refractivity contribution in [2.75, 3.05) is 11.1 Å². The molecule has 19 heavy (non-hydrogen) atoms.